The maximum absolute atomic E-state index is 11.2. The van der Waals surface area contributed by atoms with E-state index in [0.717, 1.165) is 12.8 Å². The Hall–Kier alpha value is -0.590. The first-order valence-electron chi connectivity index (χ1n) is 11.5. The van der Waals surface area contributed by atoms with E-state index in [2.05, 4.69) is 19.1 Å². The average Bonchev–Trinajstić information content (AvgIpc) is 2.63. The first kappa shape index (κ1) is 24.4. The number of carbonyl (C=O) groups is 1. The number of unbranched alkanes of at least 4 members (excludes halogenated alkanes) is 15. The maximum atomic E-state index is 11.2. The van der Waals surface area contributed by atoms with Crippen LogP contribution in [0.5, 0.6) is 0 Å². The van der Waals surface area contributed by atoms with E-state index in [4.69, 9.17) is 0 Å². The van der Waals surface area contributed by atoms with Crippen molar-refractivity contribution in [3.63, 3.8) is 0 Å². The summed E-state index contributed by atoms with van der Waals surface area (Å²) in [5.74, 6) is 0.432. The molecule has 0 aliphatic rings. The molecule has 0 heterocycles. The second kappa shape index (κ2) is 21.5. The second-order valence-electron chi connectivity index (χ2n) is 7.64. The summed E-state index contributed by atoms with van der Waals surface area (Å²) in [6.07, 6.45) is 29.3. The molecule has 0 saturated carbocycles. The molecule has 148 valence electrons. The third-order valence-corrected chi connectivity index (χ3v) is 5.11. The zero-order chi connectivity index (χ0) is 18.4. The number of Topliss-reactive ketones (excluding diaryl/α,β-unsaturated/α-hetero) is 1. The third-order valence-electron chi connectivity index (χ3n) is 5.11. The molecule has 0 spiro atoms. The van der Waals surface area contributed by atoms with E-state index in [1.54, 1.807) is 0 Å². The van der Waals surface area contributed by atoms with Crippen molar-refractivity contribution in [2.75, 3.05) is 0 Å². The van der Waals surface area contributed by atoms with Crippen LogP contribution < -0.4 is 0 Å². The highest BCUT2D eigenvalue weighted by atomic mass is 16.1. The predicted octanol–water partition coefficient (Wildman–Crippen LogP) is 8.56. The molecule has 0 aromatic carbocycles. The van der Waals surface area contributed by atoms with E-state index >= 15 is 0 Å². The number of allylic oxidation sites excluding steroid dienone is 2. The molecule has 0 saturated heterocycles. The van der Waals surface area contributed by atoms with Crippen molar-refractivity contribution < 1.29 is 4.79 Å². The van der Waals surface area contributed by atoms with Crippen molar-refractivity contribution in [2.45, 2.75) is 136 Å². The summed E-state index contributed by atoms with van der Waals surface area (Å²) >= 11 is 0. The molecule has 0 unspecified atom stereocenters. The lowest BCUT2D eigenvalue weighted by atomic mass is 10.0. The molecule has 1 heteroatoms. The Morgan fingerprint density at radius 1 is 0.560 bits per heavy atom. The van der Waals surface area contributed by atoms with Gasteiger partial charge in [-0.15, -0.1) is 0 Å². The van der Waals surface area contributed by atoms with E-state index in [1.807, 2.05) is 6.92 Å². The van der Waals surface area contributed by atoms with Gasteiger partial charge in [0.15, 0.2) is 0 Å². The molecule has 0 aromatic rings. The summed E-state index contributed by atoms with van der Waals surface area (Å²) in [5.41, 5.74) is 0. The van der Waals surface area contributed by atoms with Gasteiger partial charge in [0.25, 0.3) is 0 Å². The lowest BCUT2D eigenvalue weighted by molar-refractivity contribution is -0.118. The molecule has 0 atom stereocenters. The van der Waals surface area contributed by atoms with E-state index in [0.29, 0.717) is 12.2 Å². The van der Waals surface area contributed by atoms with Gasteiger partial charge in [0, 0.05) is 12.8 Å². The highest BCUT2D eigenvalue weighted by Crippen LogP contribution is 2.12. The fourth-order valence-corrected chi connectivity index (χ4v) is 3.28. The molecule has 0 aliphatic carbocycles. The quantitative estimate of drug-likeness (QED) is 0.159. The number of carbonyl (C=O) groups excluding carboxylic acids is 1. The average molecular weight is 351 g/mol. The van der Waals surface area contributed by atoms with Crippen molar-refractivity contribution in [2.24, 2.45) is 0 Å². The molecule has 0 bridgehead atoms. The van der Waals surface area contributed by atoms with Gasteiger partial charge in [-0.05, 0) is 32.1 Å². The highest BCUT2D eigenvalue weighted by molar-refractivity contribution is 5.77. The van der Waals surface area contributed by atoms with Crippen molar-refractivity contribution in [3.05, 3.63) is 12.2 Å². The second-order valence-corrected chi connectivity index (χ2v) is 7.64. The van der Waals surface area contributed by atoms with Crippen molar-refractivity contribution >= 4 is 5.78 Å². The molecule has 0 fully saturated rings. The van der Waals surface area contributed by atoms with Gasteiger partial charge in [-0.2, -0.15) is 0 Å². The first-order chi connectivity index (χ1) is 12.3. The van der Waals surface area contributed by atoms with Crippen LogP contribution in [0.4, 0.5) is 0 Å². The minimum atomic E-state index is 0.432. The van der Waals surface area contributed by atoms with Crippen LogP contribution in [0, 0.1) is 0 Å². The number of hydrogen-bond donors (Lipinski definition) is 0. The molecule has 25 heavy (non-hydrogen) atoms. The van der Waals surface area contributed by atoms with Crippen molar-refractivity contribution in [3.8, 4) is 0 Å². The lowest BCUT2D eigenvalue weighted by Crippen LogP contribution is -1.94. The Morgan fingerprint density at radius 2 is 0.960 bits per heavy atom. The molecule has 0 aromatic heterocycles. The van der Waals surface area contributed by atoms with Gasteiger partial charge >= 0.3 is 0 Å². The van der Waals surface area contributed by atoms with Crippen LogP contribution in [0.2, 0.25) is 0 Å². The summed E-state index contributed by atoms with van der Waals surface area (Å²) in [6.45, 7) is 4.25. The highest BCUT2D eigenvalue weighted by Gasteiger charge is 1.97. The fraction of sp³-hybridized carbons (Fsp3) is 0.875. The largest absolute Gasteiger partial charge is 0.300 e. The standard InChI is InChI=1S/C24H46O/c1-3-5-6-7-8-9-10-11-12-13-14-15-16-17-18-19-20-21-22-23-24(25)4-2/h11-12H,3-10,13-23H2,1-2H3/b12-11-. The van der Waals surface area contributed by atoms with Crippen molar-refractivity contribution in [1.82, 2.24) is 0 Å². The van der Waals surface area contributed by atoms with Crippen molar-refractivity contribution in [1.29, 1.82) is 0 Å². The summed E-state index contributed by atoms with van der Waals surface area (Å²) in [5, 5.41) is 0. The first-order valence-corrected chi connectivity index (χ1v) is 11.5. The van der Waals surface area contributed by atoms with Gasteiger partial charge in [-0.3, -0.25) is 4.79 Å². The summed E-state index contributed by atoms with van der Waals surface area (Å²) in [7, 11) is 0. The van der Waals surface area contributed by atoms with Gasteiger partial charge in [0.2, 0.25) is 0 Å². The van der Waals surface area contributed by atoms with Crippen LogP contribution in [0.15, 0.2) is 12.2 Å². The molecule has 0 N–H and O–H groups in total. The molecule has 0 rings (SSSR count). The van der Waals surface area contributed by atoms with Crippen LogP contribution in [-0.4, -0.2) is 5.78 Å². The smallest absolute Gasteiger partial charge is 0.132 e. The van der Waals surface area contributed by atoms with E-state index < -0.39 is 0 Å². The summed E-state index contributed by atoms with van der Waals surface area (Å²) in [4.78, 5) is 11.2. The van der Waals surface area contributed by atoms with Gasteiger partial charge in [-0.1, -0.05) is 103 Å². The zero-order valence-electron chi connectivity index (χ0n) is 17.5. The van der Waals surface area contributed by atoms with Gasteiger partial charge in [0.05, 0.1) is 0 Å². The Bertz CT molecular complexity index is 292. The Labute approximate surface area is 159 Å². The topological polar surface area (TPSA) is 17.1 Å². The number of rotatable bonds is 20. The van der Waals surface area contributed by atoms with E-state index in [9.17, 15) is 4.79 Å². The molecule has 1 nitrogen and oxygen atoms in total. The van der Waals surface area contributed by atoms with Gasteiger partial charge in [-0.25, -0.2) is 0 Å². The Morgan fingerprint density at radius 3 is 1.40 bits per heavy atom. The molecule has 0 radical (unpaired) electrons. The maximum Gasteiger partial charge on any atom is 0.132 e. The van der Waals surface area contributed by atoms with Crippen LogP contribution in [0.25, 0.3) is 0 Å². The minimum Gasteiger partial charge on any atom is -0.300 e. The van der Waals surface area contributed by atoms with Gasteiger partial charge in [0.1, 0.15) is 5.78 Å². The van der Waals surface area contributed by atoms with E-state index in [-0.39, 0.29) is 0 Å². The van der Waals surface area contributed by atoms with E-state index in [1.165, 1.54) is 103 Å². The monoisotopic (exact) mass is 350 g/mol. The lowest BCUT2D eigenvalue weighted by Gasteiger charge is -2.02. The van der Waals surface area contributed by atoms with Crippen LogP contribution in [-0.2, 0) is 4.79 Å². The molecular weight excluding hydrogens is 304 g/mol. The van der Waals surface area contributed by atoms with Gasteiger partial charge < -0.3 is 0 Å². The Kier molecular flexibility index (Phi) is 20.9. The van der Waals surface area contributed by atoms with Crippen LogP contribution in [0.1, 0.15) is 136 Å². The minimum absolute atomic E-state index is 0.432. The number of hydrogen-bond acceptors (Lipinski definition) is 1. The fourth-order valence-electron chi connectivity index (χ4n) is 3.28. The molecule has 0 amide bonds. The van der Waals surface area contributed by atoms with Crippen LogP contribution in [0.3, 0.4) is 0 Å². The molecule has 0 aliphatic heterocycles. The van der Waals surface area contributed by atoms with Crippen LogP contribution >= 0.6 is 0 Å². The third kappa shape index (κ3) is 21.4. The SMILES string of the molecule is CCCCCCCC/C=C\CCCCCCCCCCCC(=O)CC. The Balaban J connectivity index is 3.08. The normalized spacial score (nSPS) is 11.4. The summed E-state index contributed by atoms with van der Waals surface area (Å²) < 4.78 is 0. The number of ketones is 1. The molecular formula is C24H46O. The summed E-state index contributed by atoms with van der Waals surface area (Å²) in [6, 6.07) is 0. The predicted molar refractivity (Wildman–Crippen MR) is 113 cm³/mol. The zero-order valence-corrected chi connectivity index (χ0v) is 17.5.